The third-order valence-electron chi connectivity index (χ3n) is 18.5. The van der Waals surface area contributed by atoms with Crippen LogP contribution in [0, 0.1) is 5.92 Å². The molecule has 108 heavy (non-hydrogen) atoms. The largest absolute Gasteiger partial charge is 0.477 e. The number of Topliss-reactive ketones (excluding diaryl/α,β-unsaturated/α-hetero) is 1. The second-order valence-corrected chi connectivity index (χ2v) is 27.4. The third kappa shape index (κ3) is 21.6. The number of benzene rings is 1. The molecule has 0 radical (unpaired) electrons. The number of aliphatic hydroxyl groups excluding tert-OH is 13. The number of amides is 3. The quantitative estimate of drug-likeness (QED) is 0.0170. The van der Waals surface area contributed by atoms with Crippen molar-refractivity contribution in [1.29, 1.82) is 0 Å². The average molecular weight is 1580 g/mol. The molecule has 8 rings (SSSR count). The Balaban J connectivity index is 0.801. The van der Waals surface area contributed by atoms with Gasteiger partial charge in [0.25, 0.3) is 24.6 Å². The van der Waals surface area contributed by atoms with E-state index in [0.717, 1.165) is 24.6 Å². The fourth-order valence-electron chi connectivity index (χ4n) is 13.0. The molecule has 46 heteroatoms. The van der Waals surface area contributed by atoms with Gasteiger partial charge in [0, 0.05) is 77.3 Å². The first kappa shape index (κ1) is 87.1. The lowest BCUT2D eigenvalue weighted by molar-refractivity contribution is -0.392. The van der Waals surface area contributed by atoms with Gasteiger partial charge in [-0.25, -0.2) is 18.7 Å². The van der Waals surface area contributed by atoms with Crippen molar-refractivity contribution in [1.82, 2.24) is 25.5 Å². The fraction of sp³-hybridized carbons (Fsp3) is 0.726. The molecule has 0 aliphatic carbocycles. The van der Waals surface area contributed by atoms with Crippen LogP contribution in [-0.2, 0) is 110 Å². The van der Waals surface area contributed by atoms with Crippen molar-refractivity contribution >= 4 is 56.1 Å². The van der Waals surface area contributed by atoms with E-state index in [1.807, 2.05) is 0 Å². The van der Waals surface area contributed by atoms with Gasteiger partial charge in [0.05, 0.1) is 63.5 Å². The third-order valence-corrected chi connectivity index (χ3v) is 19.5. The minimum atomic E-state index is -5.66. The Morgan fingerprint density at radius 1 is 0.731 bits per heavy atom. The molecule has 2 aromatic rings. The van der Waals surface area contributed by atoms with Crippen LogP contribution in [0.3, 0.4) is 0 Å². The summed E-state index contributed by atoms with van der Waals surface area (Å²) in [5.41, 5.74) is 5.29. The number of phosphoric acid groups is 1. The highest BCUT2D eigenvalue weighted by atomic mass is 31.2. The number of aryl methyl sites for hydroxylation is 1. The molecule has 6 aliphatic heterocycles. The summed E-state index contributed by atoms with van der Waals surface area (Å²) in [5, 5.41) is 158. The van der Waals surface area contributed by atoms with E-state index in [-0.39, 0.29) is 50.1 Å². The van der Waals surface area contributed by atoms with E-state index in [1.165, 1.54) is 25.3 Å². The first-order chi connectivity index (χ1) is 51.2. The number of rotatable bonds is 37. The van der Waals surface area contributed by atoms with Gasteiger partial charge in [0.15, 0.2) is 43.6 Å². The molecule has 3 amide bonds. The van der Waals surface area contributed by atoms with Crippen molar-refractivity contribution < 1.29 is 185 Å². The lowest BCUT2D eigenvalue weighted by Gasteiger charge is -2.48. The monoisotopic (exact) mass is 1570 g/mol. The van der Waals surface area contributed by atoms with Gasteiger partial charge in [0.2, 0.25) is 24.4 Å². The van der Waals surface area contributed by atoms with E-state index < -0.39 is 279 Å². The van der Waals surface area contributed by atoms with E-state index in [9.17, 15) is 119 Å². The molecule has 6 aliphatic rings. The average Bonchev–Trinajstić information content (AvgIpc) is 0.994. The summed E-state index contributed by atoms with van der Waals surface area (Å²) in [7, 11) is -4.45. The Labute approximate surface area is 612 Å². The Morgan fingerprint density at radius 3 is 1.94 bits per heavy atom. The normalized spacial score (nSPS) is 36.8. The number of carbonyl (C=O) groups is 7. The van der Waals surface area contributed by atoms with E-state index in [2.05, 4.69) is 20.9 Å². The molecule has 1 aromatic carbocycles. The summed E-state index contributed by atoms with van der Waals surface area (Å²) < 4.78 is 97.2. The molecular formula is C62H91N6O39P. The van der Waals surface area contributed by atoms with Gasteiger partial charge < -0.3 is 160 Å². The van der Waals surface area contributed by atoms with Crippen LogP contribution in [0.2, 0.25) is 0 Å². The van der Waals surface area contributed by atoms with Gasteiger partial charge in [0.1, 0.15) is 90.9 Å². The number of anilines is 1. The smallest absolute Gasteiger partial charge is 0.475 e. The number of aliphatic hydroxyl groups is 13. The Bertz CT molecular complexity index is 3430. The molecule has 30 atom stereocenters. The second kappa shape index (κ2) is 39.1. The number of ether oxygens (including phenoxy) is 13. The van der Waals surface area contributed by atoms with Crippen LogP contribution in [-0.4, -0.2) is 341 Å². The zero-order chi connectivity index (χ0) is 79.2. The Morgan fingerprint density at radius 2 is 1.35 bits per heavy atom. The highest BCUT2D eigenvalue weighted by Crippen LogP contribution is 2.53. The van der Waals surface area contributed by atoms with Crippen molar-refractivity contribution in [2.45, 2.75) is 231 Å². The van der Waals surface area contributed by atoms with Gasteiger partial charge in [-0.2, -0.15) is 4.98 Å². The zero-order valence-electron chi connectivity index (χ0n) is 57.9. The molecule has 20 N–H and O–H groups in total. The van der Waals surface area contributed by atoms with Crippen molar-refractivity contribution in [2.24, 2.45) is 5.92 Å². The highest BCUT2D eigenvalue weighted by molar-refractivity contribution is 7.47. The predicted octanol–water partition coefficient (Wildman–Crippen LogP) is -9.52. The van der Waals surface area contributed by atoms with Gasteiger partial charge in [-0.1, -0.05) is 12.1 Å². The molecule has 7 heterocycles. The number of ketones is 1. The number of nitrogens with zero attached hydrogens (tertiary/aromatic N) is 2. The van der Waals surface area contributed by atoms with Gasteiger partial charge in [-0.3, -0.25) is 37.9 Å². The van der Waals surface area contributed by atoms with Crippen LogP contribution in [0.15, 0.2) is 41.3 Å². The van der Waals surface area contributed by atoms with Crippen molar-refractivity contribution in [3.05, 3.63) is 58.1 Å². The lowest BCUT2D eigenvalue weighted by atomic mass is 9.80. The molecule has 0 bridgehead atoms. The molecule has 11 unspecified atom stereocenters. The highest BCUT2D eigenvalue weighted by Gasteiger charge is 2.59. The summed E-state index contributed by atoms with van der Waals surface area (Å²) in [6.45, 7) is -2.33. The first-order valence-electron chi connectivity index (χ1n) is 33.8. The SMILES string of the molecule is CO[C@@H]1C(CO)O[C@H](O[C@@H]2C(OC=O)O[C@@H](O[C@H]3CC(NC(C)=O)[C@@H](O[C@@H]4C(OC=O)O[C@@H](OCCNC(=O)c5ccc(CCCC(=O)C[C@H]6C(C[C@H](O)[C@H](O)CO)O[C@](OP(=O)(O)OC[C@H]7O[C@@H](n8ccc(N)nc8=O)C(O)[C@H]7O)(C(=O)O)C[C@H]6O)cc5)C(O)[C@H]4O)OC3CO)C(O)[C@H]2O)C(NC(C)=O)[C@H]1O. The maximum absolute atomic E-state index is 13.5. The summed E-state index contributed by atoms with van der Waals surface area (Å²) >= 11 is 0. The number of nitrogens with one attached hydrogen (secondary N) is 3. The van der Waals surface area contributed by atoms with E-state index >= 15 is 0 Å². The maximum Gasteiger partial charge on any atom is 0.475 e. The number of hydrogen-bond acceptors (Lipinski definition) is 39. The molecule has 0 spiro atoms. The van der Waals surface area contributed by atoms with E-state index in [4.69, 9.17) is 76.4 Å². The fourth-order valence-corrected chi connectivity index (χ4v) is 14.0. The minimum absolute atomic E-state index is 0.0875. The Hall–Kier alpha value is -6.46. The number of phosphoric ester groups is 1. The van der Waals surface area contributed by atoms with E-state index in [0.29, 0.717) is 5.56 Å². The summed E-state index contributed by atoms with van der Waals surface area (Å²) in [6, 6.07) is 4.49. The number of carbonyl (C=O) groups excluding carboxylic acids is 6. The predicted molar refractivity (Wildman–Crippen MR) is 344 cm³/mol. The maximum atomic E-state index is 13.5. The molecule has 1 aromatic heterocycles. The number of nitrogen functional groups attached to an aromatic ring is 1. The van der Waals surface area contributed by atoms with Crippen LogP contribution >= 0.6 is 7.82 Å². The number of carboxylic acid groups (broad SMARTS) is 1. The molecule has 0 saturated carbocycles. The standard InChI is InChI=1S/C62H91N6O39P/c1-25(74)65-31-16-36(99-57-48(86)45(83)51(59(105-57)96-24-73)103-55-41(66-26(2)75)43(81)49(93-3)38(21-71)101-55)37(20-70)100-54(31)102-50-44(82)47(85)56(104-58(50)95-23-72)94-14-12-64-52(87)28-9-7-27(8-10-28)5-4-6-29(76)15-30-33(78)18-62(60(88)89,106-35(30)17-32(77)34(79)19-69)107-108(91,92)97-22-39-42(80)46(84)53(98-39)68-13-11-40(63)67-61(68)90/h7-11,13,23-24,30-39,41-51,53-59,69-71,77-86H,4-6,12,14-22H2,1-3H3,(H,64,87)(H,65,74)(H,66,75)(H,88,89)(H,91,92)(H2,63,67,90)/t30-,31?,32+,33-,34-,35?,36+,37?,38?,39-,41?,42+,43-,44-,45-,46?,47?,48?,49-,50+,51+,53-,54-,55-,56-,57-,58?,59?,62-/m1/s1. The van der Waals surface area contributed by atoms with E-state index in [1.54, 1.807) is 12.1 Å². The van der Waals surface area contributed by atoms with Gasteiger partial charge in [-0.15, -0.1) is 0 Å². The number of aromatic nitrogens is 2. The minimum Gasteiger partial charge on any atom is -0.477 e. The van der Waals surface area contributed by atoms with Crippen molar-refractivity contribution in [2.75, 3.05) is 52.4 Å². The number of aliphatic carboxylic acids is 1. The van der Waals surface area contributed by atoms with Crippen LogP contribution < -0.4 is 27.4 Å². The molecule has 608 valence electrons. The van der Waals surface area contributed by atoms with Crippen molar-refractivity contribution in [3.8, 4) is 0 Å². The summed E-state index contributed by atoms with van der Waals surface area (Å²) in [6.07, 6.45) is -45.5. The molecular weight excluding hydrogens is 1480 g/mol. The molecule has 45 nitrogen and oxygen atoms in total. The van der Waals surface area contributed by atoms with Gasteiger partial charge in [-0.05, 0) is 36.6 Å². The number of hydrogen-bond donors (Lipinski definition) is 19. The first-order valence-corrected chi connectivity index (χ1v) is 35.3. The zero-order valence-corrected chi connectivity index (χ0v) is 58.8. The summed E-state index contributed by atoms with van der Waals surface area (Å²) in [5.74, 6) is -9.40. The second-order valence-electron chi connectivity index (χ2n) is 26.0. The Kier molecular flexibility index (Phi) is 31.6. The van der Waals surface area contributed by atoms with Crippen molar-refractivity contribution in [3.63, 3.8) is 0 Å². The van der Waals surface area contributed by atoms with Gasteiger partial charge >= 0.3 is 19.5 Å². The summed E-state index contributed by atoms with van der Waals surface area (Å²) in [4.78, 5) is 115. The molecule has 6 fully saturated rings. The molecule has 6 saturated heterocycles. The number of nitrogens with two attached hydrogens (primary N) is 1. The van der Waals surface area contributed by atoms with Crippen LogP contribution in [0.5, 0.6) is 0 Å². The van der Waals surface area contributed by atoms with Crippen LogP contribution in [0.4, 0.5) is 5.82 Å². The van der Waals surface area contributed by atoms with Crippen LogP contribution in [0.25, 0.3) is 0 Å². The number of carboxylic acids is 1. The van der Waals surface area contributed by atoms with Crippen LogP contribution in [0.1, 0.15) is 74.5 Å². The lowest BCUT2D eigenvalue weighted by Crippen LogP contribution is -2.68. The topological polar surface area (TPSA) is 675 Å². The number of methoxy groups -OCH3 is 1.